The zero-order valence-electron chi connectivity index (χ0n) is 49.9. The first-order chi connectivity index (χ1) is 44.1. The van der Waals surface area contributed by atoms with E-state index >= 15 is 0 Å². The summed E-state index contributed by atoms with van der Waals surface area (Å²) < 4.78 is 10.4. The molecular weight excluding hydrogens is 1160 g/mol. The Morgan fingerprint density at radius 2 is 0.967 bits per heavy atom. The van der Waals surface area contributed by atoms with Crippen LogP contribution in [0.15, 0.2) is 182 Å². The van der Waals surface area contributed by atoms with Gasteiger partial charge in [0.2, 0.25) is 0 Å². The number of nitrogens with two attached hydrogens (primary N) is 3. The van der Waals surface area contributed by atoms with Crippen LogP contribution in [0.1, 0.15) is 91.8 Å². The van der Waals surface area contributed by atoms with E-state index in [9.17, 15) is 33.9 Å². The highest BCUT2D eigenvalue weighted by atomic mass is 16.5. The highest BCUT2D eigenvalue weighted by Crippen LogP contribution is 2.26. The van der Waals surface area contributed by atoms with Gasteiger partial charge in [-0.2, -0.15) is 0 Å². The smallest absolute Gasteiger partial charge is 0.278 e. The monoisotopic (exact) mass is 1240 g/mol. The first-order valence-electron chi connectivity index (χ1n) is 29.0. The standard InChI is InChI=1S/C23H23N5O3.C22H21N5O3.C22H23N5O3.7H2/c24-21-20(23(30)27-17-7-2-1-3-8-17)28-19(14-25-21)15-5-4-6-16(13-15)22(29)26-18-9-11-31-12-10-18;23-20-19(21(29)25-16-7-2-1-3-8-16)26-18(12-24-20)14-5-4-6-15(11-14)22(30)27-10-9-17(28)13-27;1-27(11-12-30-2)22(29)16-8-6-7-15(13-16)18-14-24-20(23)19(26-18)21(28)25-17-9-4-3-5-10-17;;;;;;;/h1-8,13-14,18H,9-12H2,(H2,24,25)(H,26,29)(H,27,30);1-8,11-12,17,28H,9-10,13H2,(H2,23,24)(H,25,29);3-10,13-14H,11-12H2,1-2H3,(H2,23,24)(H,25,28);7*1H. The average Bonchev–Trinajstić information content (AvgIpc) is 0.831. The van der Waals surface area contributed by atoms with Gasteiger partial charge in [-0.25, -0.2) is 29.9 Å². The summed E-state index contributed by atoms with van der Waals surface area (Å²) in [4.78, 5) is 105. The van der Waals surface area contributed by atoms with Crippen LogP contribution < -0.4 is 38.5 Å². The van der Waals surface area contributed by atoms with Crippen molar-refractivity contribution in [2.75, 3.05) is 86.8 Å². The van der Waals surface area contributed by atoms with Crippen molar-refractivity contribution in [3.63, 3.8) is 0 Å². The largest absolute Gasteiger partial charge is 0.391 e. The van der Waals surface area contributed by atoms with Crippen LogP contribution in [0.3, 0.4) is 0 Å². The molecule has 11 N–H and O–H groups in total. The molecule has 3 aromatic heterocycles. The Labute approximate surface area is 534 Å². The summed E-state index contributed by atoms with van der Waals surface area (Å²) in [5.41, 5.74) is 24.4. The van der Waals surface area contributed by atoms with Crippen LogP contribution in [-0.2, 0) is 9.47 Å². The van der Waals surface area contributed by atoms with Gasteiger partial charge in [0.1, 0.15) is 0 Å². The van der Waals surface area contributed by atoms with Crippen LogP contribution in [0.25, 0.3) is 33.8 Å². The fraction of sp³-hybridized carbons (Fsp3) is 0.194. The van der Waals surface area contributed by atoms with E-state index in [4.69, 9.17) is 26.7 Å². The van der Waals surface area contributed by atoms with Crippen molar-refractivity contribution in [1.29, 1.82) is 0 Å². The molecule has 5 heterocycles. The van der Waals surface area contributed by atoms with Gasteiger partial charge in [-0.15, -0.1) is 0 Å². The van der Waals surface area contributed by atoms with Crippen molar-refractivity contribution in [2.24, 2.45) is 0 Å². The first-order valence-corrected chi connectivity index (χ1v) is 29.0. The SMILES string of the molecule is COCCN(C)C(=O)c1cccc(-c2cnc(N)c(C(=O)Nc3ccccc3)n2)c1.Nc1ncc(-c2cccc(C(=O)N3CCC(O)C3)c2)nc1C(=O)Nc1ccccc1.Nc1ncc(-c2cccc(C(=O)NC3CCOCC3)c2)nc1C(=O)Nc1ccccc1.[HH].[HH].[HH].[HH].[HH].[HH].[HH]. The number of benzene rings is 6. The fourth-order valence-electron chi connectivity index (χ4n) is 9.46. The lowest BCUT2D eigenvalue weighted by molar-refractivity contribution is 0.0695. The minimum Gasteiger partial charge on any atom is -0.391 e. The number of likely N-dealkylation sites (N-methyl/N-ethyl adjacent to an activating group) is 1. The first kappa shape index (κ1) is 64.1. The molecule has 1 atom stereocenters. The molecule has 2 saturated heterocycles. The quantitative estimate of drug-likeness (QED) is 0.0446. The molecule has 1 unspecified atom stereocenters. The van der Waals surface area contributed by atoms with E-state index in [1.807, 2.05) is 60.7 Å². The molecular formula is C67H81N15O9. The molecule has 0 spiro atoms. The Balaban J connectivity index is 0.000000483. The second-order valence-corrected chi connectivity index (χ2v) is 20.9. The van der Waals surface area contributed by atoms with Gasteiger partial charge in [-0.1, -0.05) is 91.0 Å². The number of nitrogens with zero attached hydrogens (tertiary/aromatic N) is 8. The molecule has 0 bridgehead atoms. The van der Waals surface area contributed by atoms with Gasteiger partial charge in [0, 0.05) is 113 Å². The summed E-state index contributed by atoms with van der Waals surface area (Å²) in [7, 11) is 3.30. The second-order valence-electron chi connectivity index (χ2n) is 20.9. The fourth-order valence-corrected chi connectivity index (χ4v) is 9.46. The van der Waals surface area contributed by atoms with Crippen molar-refractivity contribution in [3.05, 3.63) is 216 Å². The van der Waals surface area contributed by atoms with Gasteiger partial charge in [0.25, 0.3) is 35.4 Å². The number of nitrogens with one attached hydrogen (secondary N) is 4. The zero-order chi connectivity index (χ0) is 64.2. The van der Waals surface area contributed by atoms with Gasteiger partial charge in [0.05, 0.1) is 48.4 Å². The number of carbonyl (C=O) groups is 6. The maximum Gasteiger partial charge on any atom is 0.278 e. The Morgan fingerprint density at radius 3 is 1.38 bits per heavy atom. The lowest BCUT2D eigenvalue weighted by Crippen LogP contribution is -2.38. The number of β-amino-alcohol motifs (C(OH)–C–C–N with tert-alkyl or cyclic N) is 1. The summed E-state index contributed by atoms with van der Waals surface area (Å²) in [6.45, 7) is 3.08. The van der Waals surface area contributed by atoms with E-state index in [2.05, 4.69) is 51.2 Å². The molecule has 6 aromatic carbocycles. The van der Waals surface area contributed by atoms with Crippen LogP contribution in [0.4, 0.5) is 34.5 Å². The Kier molecular flexibility index (Phi) is 21.9. The maximum absolute atomic E-state index is 12.7. The minimum absolute atomic E-state index is 0. The highest BCUT2D eigenvalue weighted by Gasteiger charge is 2.27. The maximum atomic E-state index is 12.7. The van der Waals surface area contributed by atoms with Gasteiger partial charge in [-0.05, 0) is 92.1 Å². The number of anilines is 6. The van der Waals surface area contributed by atoms with Crippen molar-refractivity contribution in [3.8, 4) is 33.8 Å². The summed E-state index contributed by atoms with van der Waals surface area (Å²) in [6, 6.07) is 48.1. The van der Waals surface area contributed by atoms with Crippen molar-refractivity contribution in [1.82, 2.24) is 45.0 Å². The van der Waals surface area contributed by atoms with E-state index < -0.39 is 23.8 Å². The Morgan fingerprint density at radius 1 is 0.560 bits per heavy atom. The van der Waals surface area contributed by atoms with Crippen molar-refractivity contribution >= 4 is 70.0 Å². The number of methoxy groups -OCH3 is 1. The summed E-state index contributed by atoms with van der Waals surface area (Å²) in [5.74, 6) is -1.75. The minimum atomic E-state index is -0.481. The molecule has 2 aliphatic rings. The summed E-state index contributed by atoms with van der Waals surface area (Å²) in [6.07, 6.45) is 6.14. The molecule has 24 heteroatoms. The van der Waals surface area contributed by atoms with E-state index in [1.165, 1.54) is 18.6 Å². The number of likely N-dealkylation sites (tertiary alicyclic amines) is 1. The normalized spacial score (nSPS) is 13.4. The van der Waals surface area contributed by atoms with Crippen molar-refractivity contribution < 1.29 is 53.3 Å². The van der Waals surface area contributed by atoms with Gasteiger partial charge >= 0.3 is 0 Å². The molecule has 9 aromatic rings. The topological polar surface area (TPSA) is 351 Å². The molecule has 0 aliphatic carbocycles. The Hall–Kier alpha value is -11.3. The Bertz CT molecular complexity index is 4070. The van der Waals surface area contributed by atoms with Crippen LogP contribution >= 0.6 is 0 Å². The third-order valence-corrected chi connectivity index (χ3v) is 14.4. The number of para-hydroxylation sites is 3. The van der Waals surface area contributed by atoms with Crippen molar-refractivity contribution in [2.45, 2.75) is 31.4 Å². The van der Waals surface area contributed by atoms with Gasteiger partial charge < -0.3 is 62.8 Å². The molecule has 6 amide bonds. The number of amides is 6. The molecule has 0 radical (unpaired) electrons. The number of rotatable bonds is 16. The summed E-state index contributed by atoms with van der Waals surface area (Å²) in [5, 5.41) is 21.0. The third-order valence-electron chi connectivity index (χ3n) is 14.4. The molecule has 478 valence electrons. The lowest BCUT2D eigenvalue weighted by Gasteiger charge is -2.23. The highest BCUT2D eigenvalue weighted by molar-refractivity contribution is 6.08. The predicted octanol–water partition coefficient (Wildman–Crippen LogP) is 9.49. The van der Waals surface area contributed by atoms with Gasteiger partial charge in [-0.3, -0.25) is 28.8 Å². The molecule has 11 rings (SSSR count). The number of aliphatic hydroxyl groups is 1. The van der Waals surface area contributed by atoms with Crippen LogP contribution in [0, 0.1) is 0 Å². The van der Waals surface area contributed by atoms with E-state index in [0.717, 1.165) is 12.8 Å². The zero-order valence-corrected chi connectivity index (χ0v) is 49.9. The van der Waals surface area contributed by atoms with Crippen LogP contribution in [0.5, 0.6) is 0 Å². The number of nitrogen functional groups attached to an aromatic ring is 3. The number of hydrogen-bond acceptors (Lipinski definition) is 18. The number of carbonyl (C=O) groups excluding carboxylic acids is 6. The molecule has 24 nitrogen and oxygen atoms in total. The number of ether oxygens (including phenoxy) is 2. The average molecular weight is 1240 g/mol. The number of hydrogen-bond donors (Lipinski definition) is 8. The lowest BCUT2D eigenvalue weighted by atomic mass is 10.1. The van der Waals surface area contributed by atoms with E-state index in [-0.39, 0.29) is 68.3 Å². The van der Waals surface area contributed by atoms with Gasteiger partial charge in [0.15, 0.2) is 34.5 Å². The predicted molar refractivity (Wildman–Crippen MR) is 360 cm³/mol. The molecule has 91 heavy (non-hydrogen) atoms. The van der Waals surface area contributed by atoms with Crippen LogP contribution in [-0.4, -0.2) is 146 Å². The summed E-state index contributed by atoms with van der Waals surface area (Å²) >= 11 is 0. The number of aliphatic hydroxyl groups excluding tert-OH is 1. The van der Waals surface area contributed by atoms with E-state index in [1.54, 1.807) is 127 Å². The van der Waals surface area contributed by atoms with E-state index in [0.29, 0.717) is 113 Å². The number of aromatic nitrogens is 6. The molecule has 0 saturated carbocycles. The molecule has 2 fully saturated rings. The third kappa shape index (κ3) is 17.5. The second kappa shape index (κ2) is 31.0. The van der Waals surface area contributed by atoms with Crippen LogP contribution in [0.2, 0.25) is 0 Å². The molecule has 2 aliphatic heterocycles.